The summed E-state index contributed by atoms with van der Waals surface area (Å²) in [6.45, 7) is 0. The minimum absolute atomic E-state index is 0.958. The molecule has 0 radical (unpaired) electrons. The van der Waals surface area contributed by atoms with Gasteiger partial charge in [-0.15, -0.1) is 0 Å². The van der Waals surface area contributed by atoms with E-state index in [1.807, 2.05) is 12.1 Å². The molecule has 0 aliphatic rings. The van der Waals surface area contributed by atoms with Crippen LogP contribution in [0, 0.1) is 0 Å². The molecule has 0 fully saturated rings. The lowest BCUT2D eigenvalue weighted by atomic mass is 9.84. The molecular weight excluding hydrogens is 753 g/mol. The van der Waals surface area contributed by atoms with Crippen LogP contribution in [-0.4, -0.2) is 19.1 Å². The number of fused-ring (bicyclic) bond motifs is 5. The smallest absolute Gasteiger partial charge is 0.140 e. The van der Waals surface area contributed by atoms with Crippen molar-refractivity contribution in [1.82, 2.24) is 19.1 Å². The zero-order valence-corrected chi connectivity index (χ0v) is 34.4. The number of hydrogen-bond donors (Lipinski definition) is 0. The number of benzene rings is 10. The summed E-state index contributed by atoms with van der Waals surface area (Å²) in [6, 6.07) is 74.7. The number of aromatic nitrogens is 4. The molecule has 0 N–H and O–H groups in total. The lowest BCUT2D eigenvalue weighted by Gasteiger charge is -2.19. The molecule has 12 aromatic rings. The van der Waals surface area contributed by atoms with Crippen molar-refractivity contribution in [2.75, 3.05) is 0 Å². The summed E-state index contributed by atoms with van der Waals surface area (Å²) < 4.78 is 4.44. The van der Waals surface area contributed by atoms with E-state index >= 15 is 0 Å². The largest absolute Gasteiger partial charge is 0.327 e. The second-order valence-electron chi connectivity index (χ2n) is 16.3. The van der Waals surface area contributed by atoms with Crippen LogP contribution in [0.25, 0.3) is 122 Å². The molecule has 0 atom stereocenters. The third-order valence-electron chi connectivity index (χ3n) is 12.7. The van der Waals surface area contributed by atoms with Crippen LogP contribution >= 0.6 is 0 Å². The van der Waals surface area contributed by atoms with Crippen LogP contribution in [0.5, 0.6) is 0 Å². The summed E-state index contributed by atoms with van der Waals surface area (Å²) in [5.41, 5.74) is 15.9. The van der Waals surface area contributed by atoms with Crippen LogP contribution in [0.4, 0.5) is 0 Å². The van der Waals surface area contributed by atoms with Crippen LogP contribution in [-0.2, 0) is 14.1 Å². The topological polar surface area (TPSA) is 35.6 Å². The predicted octanol–water partition coefficient (Wildman–Crippen LogP) is 14.9. The number of nitrogens with zero attached hydrogens (tertiary/aromatic N) is 4. The van der Waals surface area contributed by atoms with Gasteiger partial charge in [-0.05, 0) is 119 Å². The van der Waals surface area contributed by atoms with Gasteiger partial charge in [-0.3, -0.25) is 0 Å². The molecule has 0 saturated carbocycles. The van der Waals surface area contributed by atoms with Crippen molar-refractivity contribution in [3.63, 3.8) is 0 Å². The van der Waals surface area contributed by atoms with E-state index in [1.54, 1.807) is 0 Å². The normalized spacial score (nSPS) is 11.7. The van der Waals surface area contributed by atoms with E-state index < -0.39 is 0 Å². The maximum absolute atomic E-state index is 5.08. The first-order valence-electron chi connectivity index (χ1n) is 21.2. The molecule has 4 nitrogen and oxygen atoms in total. The Balaban J connectivity index is 1.15. The molecular formula is C58H40N4. The summed E-state index contributed by atoms with van der Waals surface area (Å²) >= 11 is 0. The Kier molecular flexibility index (Phi) is 8.26. The zero-order chi connectivity index (χ0) is 41.3. The molecule has 0 bridgehead atoms. The van der Waals surface area contributed by atoms with Gasteiger partial charge in [0.05, 0.1) is 22.1 Å². The second-order valence-corrected chi connectivity index (χ2v) is 16.3. The van der Waals surface area contributed by atoms with Crippen LogP contribution in [0.1, 0.15) is 0 Å². The van der Waals surface area contributed by atoms with Gasteiger partial charge in [-0.2, -0.15) is 0 Å². The number of hydrogen-bond acceptors (Lipinski definition) is 2. The molecule has 0 aliphatic heterocycles. The molecule has 2 aromatic heterocycles. The molecule has 10 aromatic carbocycles. The first-order valence-corrected chi connectivity index (χ1v) is 21.2. The maximum Gasteiger partial charge on any atom is 0.140 e. The molecule has 292 valence electrons. The van der Waals surface area contributed by atoms with Gasteiger partial charge in [-0.1, -0.05) is 164 Å². The molecule has 0 amide bonds. The van der Waals surface area contributed by atoms with E-state index in [9.17, 15) is 0 Å². The van der Waals surface area contributed by atoms with Crippen molar-refractivity contribution in [3.05, 3.63) is 206 Å². The van der Waals surface area contributed by atoms with Crippen LogP contribution < -0.4 is 0 Å². The van der Waals surface area contributed by atoms with Crippen molar-refractivity contribution in [1.29, 1.82) is 0 Å². The van der Waals surface area contributed by atoms with E-state index in [0.29, 0.717) is 0 Å². The minimum Gasteiger partial charge on any atom is -0.327 e. The summed E-state index contributed by atoms with van der Waals surface area (Å²) in [4.78, 5) is 10.2. The average Bonchev–Trinajstić information content (AvgIpc) is 3.85. The fourth-order valence-corrected chi connectivity index (χ4v) is 9.68. The monoisotopic (exact) mass is 792 g/mol. The molecule has 62 heavy (non-hydrogen) atoms. The van der Waals surface area contributed by atoms with Crippen LogP contribution in [0.3, 0.4) is 0 Å². The summed E-state index contributed by atoms with van der Waals surface area (Å²) in [6.07, 6.45) is 0. The molecule has 12 rings (SSSR count). The van der Waals surface area contributed by atoms with Gasteiger partial charge < -0.3 is 9.13 Å². The number of imidazole rings is 2. The van der Waals surface area contributed by atoms with Gasteiger partial charge in [0.15, 0.2) is 0 Å². The molecule has 0 spiro atoms. The van der Waals surface area contributed by atoms with Crippen LogP contribution in [0.2, 0.25) is 0 Å². The van der Waals surface area contributed by atoms with Crippen molar-refractivity contribution >= 4 is 54.4 Å². The molecule has 2 heterocycles. The molecule has 0 aliphatic carbocycles. The zero-order valence-electron chi connectivity index (χ0n) is 34.4. The quantitative estimate of drug-likeness (QED) is 0.157. The number of rotatable bonds is 6. The molecule has 0 saturated heterocycles. The summed E-state index contributed by atoms with van der Waals surface area (Å²) in [5.74, 6) is 1.92. The highest BCUT2D eigenvalue weighted by Crippen LogP contribution is 2.46. The van der Waals surface area contributed by atoms with E-state index in [-0.39, 0.29) is 0 Å². The Labute approximate surface area is 359 Å². The second kappa shape index (κ2) is 14.3. The minimum atomic E-state index is 0.958. The van der Waals surface area contributed by atoms with Crippen LogP contribution in [0.15, 0.2) is 206 Å². The van der Waals surface area contributed by atoms with E-state index in [1.165, 1.54) is 65.7 Å². The maximum atomic E-state index is 5.08. The third-order valence-corrected chi connectivity index (χ3v) is 12.7. The fraction of sp³-hybridized carbons (Fsp3) is 0.0345. The van der Waals surface area contributed by atoms with Gasteiger partial charge in [-0.25, -0.2) is 9.97 Å². The lowest BCUT2D eigenvalue weighted by Crippen LogP contribution is -1.94. The van der Waals surface area contributed by atoms with Crippen molar-refractivity contribution < 1.29 is 0 Å². The lowest BCUT2D eigenvalue weighted by molar-refractivity contribution is 0.959. The Hall–Kier alpha value is -8.08. The Morgan fingerprint density at radius 1 is 0.306 bits per heavy atom. The summed E-state index contributed by atoms with van der Waals surface area (Å²) in [5, 5.41) is 7.28. The SMILES string of the molecule is Cn1c(-c2ccccc2)nc2ccc(-c3cccc4c(-c5cc(-c6ccccc6)cc6ccccc56)c5cccc(-c6ccc7nc(-c8ccccc8)n(C)c7c6)c5cc34)cc21. The standard InChI is InChI=1S/C58H40N4/c1-61-54-34-41(28-30-52(54)59-57(61)38-18-8-4-9-19-38)44-24-14-26-47-49(44)36-50-45(42-29-31-53-55(35-42)62(2)58(60-53)39-20-10-5-11-21-39)25-15-27-48(50)56(47)51-33-43(37-16-6-3-7-17-37)32-40-22-12-13-23-46(40)51/h3-36H,1-2H3. The van der Waals surface area contributed by atoms with E-state index in [0.717, 1.165) is 56.0 Å². The number of aryl methyl sites for hydroxylation is 2. The Morgan fingerprint density at radius 2 is 0.774 bits per heavy atom. The highest BCUT2D eigenvalue weighted by molar-refractivity contribution is 6.22. The first-order chi connectivity index (χ1) is 30.6. The average molecular weight is 793 g/mol. The molecule has 0 unspecified atom stereocenters. The molecule has 4 heteroatoms. The van der Waals surface area contributed by atoms with Gasteiger partial charge in [0, 0.05) is 25.2 Å². The third kappa shape index (κ3) is 5.76. The van der Waals surface area contributed by atoms with E-state index in [2.05, 4.69) is 217 Å². The van der Waals surface area contributed by atoms with Gasteiger partial charge in [0.25, 0.3) is 0 Å². The van der Waals surface area contributed by atoms with Gasteiger partial charge in [0.2, 0.25) is 0 Å². The van der Waals surface area contributed by atoms with Crippen molar-refractivity contribution in [2.24, 2.45) is 14.1 Å². The Morgan fingerprint density at radius 3 is 1.31 bits per heavy atom. The predicted molar refractivity (Wildman–Crippen MR) is 260 cm³/mol. The van der Waals surface area contributed by atoms with Gasteiger partial charge in [0.1, 0.15) is 11.6 Å². The van der Waals surface area contributed by atoms with Gasteiger partial charge >= 0.3 is 0 Å². The highest BCUT2D eigenvalue weighted by Gasteiger charge is 2.20. The fourth-order valence-electron chi connectivity index (χ4n) is 9.68. The first kappa shape index (κ1) is 35.8. The Bertz CT molecular complexity index is 3510. The van der Waals surface area contributed by atoms with Crippen molar-refractivity contribution in [2.45, 2.75) is 0 Å². The highest BCUT2D eigenvalue weighted by atomic mass is 15.1. The summed E-state index contributed by atoms with van der Waals surface area (Å²) in [7, 11) is 4.24. The van der Waals surface area contributed by atoms with Crippen molar-refractivity contribution in [3.8, 4) is 67.3 Å². The van der Waals surface area contributed by atoms with E-state index in [4.69, 9.17) is 9.97 Å².